The zero-order valence-corrected chi connectivity index (χ0v) is 12.1. The largest absolute Gasteiger partial charge is 0.407 e. The topological polar surface area (TPSA) is 68.2 Å². The molecule has 6 heteroatoms. The summed E-state index contributed by atoms with van der Waals surface area (Å²) in [6.07, 6.45) is 8.35. The predicted octanol–water partition coefficient (Wildman–Crippen LogP) is 2.36. The van der Waals surface area contributed by atoms with Crippen molar-refractivity contribution in [3.63, 3.8) is 0 Å². The number of hydrogen-bond acceptors (Lipinski definition) is 5. The average molecular weight is 287 g/mol. The lowest BCUT2D eigenvalue weighted by molar-refractivity contribution is 0.264. The summed E-state index contributed by atoms with van der Waals surface area (Å²) in [5.74, 6) is 2.27. The van der Waals surface area contributed by atoms with E-state index in [2.05, 4.69) is 15.1 Å². The van der Waals surface area contributed by atoms with E-state index in [9.17, 15) is 0 Å². The van der Waals surface area contributed by atoms with Crippen molar-refractivity contribution in [1.29, 1.82) is 0 Å². The van der Waals surface area contributed by atoms with Crippen molar-refractivity contribution in [3.8, 4) is 0 Å². The molecule has 0 aromatic carbocycles. The van der Waals surface area contributed by atoms with Crippen molar-refractivity contribution >= 4 is 18.4 Å². The maximum absolute atomic E-state index is 5.53. The molecule has 1 aliphatic heterocycles. The van der Waals surface area contributed by atoms with Gasteiger partial charge in [0.25, 0.3) is 0 Å². The molecule has 1 saturated heterocycles. The van der Waals surface area contributed by atoms with Crippen LogP contribution in [-0.4, -0.2) is 23.3 Å². The first-order valence-electron chi connectivity index (χ1n) is 7.14. The van der Waals surface area contributed by atoms with Crippen molar-refractivity contribution in [2.45, 2.75) is 45.1 Å². The maximum atomic E-state index is 5.53. The summed E-state index contributed by atoms with van der Waals surface area (Å²) in [7, 11) is 0. The fourth-order valence-electron chi connectivity index (χ4n) is 3.41. The molecule has 1 aromatic heterocycles. The van der Waals surface area contributed by atoms with E-state index in [-0.39, 0.29) is 12.4 Å². The summed E-state index contributed by atoms with van der Waals surface area (Å²) >= 11 is 0. The monoisotopic (exact) mass is 286 g/mol. The van der Waals surface area contributed by atoms with Gasteiger partial charge in [0.2, 0.25) is 5.89 Å². The molecule has 2 N–H and O–H groups in total. The minimum atomic E-state index is 0. The zero-order valence-electron chi connectivity index (χ0n) is 11.3. The molecule has 2 heterocycles. The van der Waals surface area contributed by atoms with Gasteiger partial charge in [0.15, 0.2) is 0 Å². The van der Waals surface area contributed by atoms with Crippen LogP contribution in [0.15, 0.2) is 4.42 Å². The highest BCUT2D eigenvalue weighted by atomic mass is 35.5. The van der Waals surface area contributed by atoms with Gasteiger partial charge >= 0.3 is 6.01 Å². The molecular formula is C13H23ClN4O. The fraction of sp³-hybridized carbons (Fsp3) is 0.846. The van der Waals surface area contributed by atoms with Crippen molar-refractivity contribution in [2.75, 3.05) is 18.0 Å². The molecule has 5 nitrogen and oxygen atoms in total. The lowest BCUT2D eigenvalue weighted by Gasteiger charge is -2.27. The average Bonchev–Trinajstić information content (AvgIpc) is 3.08. The molecule has 1 atom stereocenters. The Kier molecular flexibility index (Phi) is 5.05. The van der Waals surface area contributed by atoms with Crippen LogP contribution >= 0.6 is 12.4 Å². The van der Waals surface area contributed by atoms with Crippen LogP contribution in [-0.2, 0) is 6.54 Å². The first kappa shape index (κ1) is 14.6. The van der Waals surface area contributed by atoms with E-state index < -0.39 is 0 Å². The fourth-order valence-corrected chi connectivity index (χ4v) is 3.41. The number of rotatable bonds is 3. The summed E-state index contributed by atoms with van der Waals surface area (Å²) in [4.78, 5) is 2.23. The van der Waals surface area contributed by atoms with Crippen molar-refractivity contribution in [3.05, 3.63) is 5.89 Å². The second-order valence-electron chi connectivity index (χ2n) is 5.58. The molecule has 1 unspecified atom stereocenters. The Balaban J connectivity index is 0.00000133. The van der Waals surface area contributed by atoms with E-state index in [1.807, 2.05) is 0 Å². The second-order valence-corrected chi connectivity index (χ2v) is 5.58. The third-order valence-corrected chi connectivity index (χ3v) is 4.44. The highest BCUT2D eigenvalue weighted by molar-refractivity contribution is 5.85. The number of aromatic nitrogens is 2. The van der Waals surface area contributed by atoms with Gasteiger partial charge in [0, 0.05) is 13.1 Å². The highest BCUT2D eigenvalue weighted by Gasteiger charge is 2.32. The first-order valence-corrected chi connectivity index (χ1v) is 7.14. The van der Waals surface area contributed by atoms with Crippen LogP contribution in [0.1, 0.15) is 44.4 Å². The number of anilines is 1. The van der Waals surface area contributed by atoms with Crippen molar-refractivity contribution < 1.29 is 4.42 Å². The van der Waals surface area contributed by atoms with Gasteiger partial charge in [-0.05, 0) is 18.3 Å². The minimum absolute atomic E-state index is 0. The van der Waals surface area contributed by atoms with Crippen LogP contribution in [0.2, 0.25) is 0 Å². The van der Waals surface area contributed by atoms with Gasteiger partial charge < -0.3 is 15.1 Å². The molecule has 0 bridgehead atoms. The Labute approximate surface area is 120 Å². The van der Waals surface area contributed by atoms with Crippen LogP contribution in [0.25, 0.3) is 0 Å². The number of hydrogen-bond donors (Lipinski definition) is 1. The highest BCUT2D eigenvalue weighted by Crippen LogP contribution is 2.36. The standard InChI is InChI=1S/C13H22N4O.ClH/c14-8-12-15-16-13(18-12)17-7-6-11(9-17)10-4-2-1-3-5-10;/h10-11H,1-9,14H2;1H. The third-order valence-electron chi connectivity index (χ3n) is 4.44. The first-order chi connectivity index (χ1) is 8.86. The van der Waals surface area contributed by atoms with Gasteiger partial charge in [0.1, 0.15) is 0 Å². The molecule has 2 aliphatic rings. The smallest absolute Gasteiger partial charge is 0.318 e. The van der Waals surface area contributed by atoms with Gasteiger partial charge in [-0.3, -0.25) is 0 Å². The summed E-state index contributed by atoms with van der Waals surface area (Å²) in [5.41, 5.74) is 5.49. The summed E-state index contributed by atoms with van der Waals surface area (Å²) in [5, 5.41) is 8.01. The molecule has 0 amide bonds. The molecule has 1 aromatic rings. The van der Waals surface area contributed by atoms with Crippen molar-refractivity contribution in [2.24, 2.45) is 17.6 Å². The lowest BCUT2D eigenvalue weighted by atomic mass is 9.80. The molecular weight excluding hydrogens is 264 g/mol. The zero-order chi connectivity index (χ0) is 12.4. The summed E-state index contributed by atoms with van der Waals surface area (Å²) in [6, 6.07) is 0.661. The molecule has 108 valence electrons. The molecule has 0 spiro atoms. The van der Waals surface area contributed by atoms with Crippen LogP contribution in [0.3, 0.4) is 0 Å². The van der Waals surface area contributed by atoms with E-state index in [0.717, 1.165) is 24.9 Å². The van der Waals surface area contributed by atoms with Crippen LogP contribution in [0.5, 0.6) is 0 Å². The van der Waals surface area contributed by atoms with Gasteiger partial charge in [0.05, 0.1) is 6.54 Å². The quantitative estimate of drug-likeness (QED) is 0.924. The number of halogens is 1. The maximum Gasteiger partial charge on any atom is 0.318 e. The molecule has 1 aliphatic carbocycles. The van der Waals surface area contributed by atoms with Gasteiger partial charge in [-0.2, -0.15) is 0 Å². The Morgan fingerprint density at radius 1 is 1.11 bits per heavy atom. The molecule has 3 rings (SSSR count). The Hall–Kier alpha value is -0.810. The molecule has 0 radical (unpaired) electrons. The van der Waals surface area contributed by atoms with E-state index in [1.54, 1.807) is 0 Å². The SMILES string of the molecule is Cl.NCc1nnc(N2CCC(C3CCCCC3)C2)o1. The summed E-state index contributed by atoms with van der Waals surface area (Å²) < 4.78 is 5.53. The van der Waals surface area contributed by atoms with Crippen molar-refractivity contribution in [1.82, 2.24) is 10.2 Å². The van der Waals surface area contributed by atoms with E-state index >= 15 is 0 Å². The second kappa shape index (κ2) is 6.57. The number of nitrogens with two attached hydrogens (primary N) is 1. The summed E-state index contributed by atoms with van der Waals surface area (Å²) in [6.45, 7) is 2.46. The molecule has 19 heavy (non-hydrogen) atoms. The van der Waals surface area contributed by atoms with Crippen LogP contribution < -0.4 is 10.6 Å². The number of nitrogens with zero attached hydrogens (tertiary/aromatic N) is 3. The Bertz CT molecular complexity index is 392. The predicted molar refractivity (Wildman–Crippen MR) is 76.3 cm³/mol. The van der Waals surface area contributed by atoms with E-state index in [1.165, 1.54) is 38.5 Å². The van der Waals surface area contributed by atoms with Gasteiger partial charge in [-0.15, -0.1) is 17.5 Å². The van der Waals surface area contributed by atoms with Gasteiger partial charge in [-0.1, -0.05) is 37.2 Å². The van der Waals surface area contributed by atoms with Crippen LogP contribution in [0, 0.1) is 11.8 Å². The van der Waals surface area contributed by atoms with E-state index in [0.29, 0.717) is 18.5 Å². The Morgan fingerprint density at radius 2 is 1.89 bits per heavy atom. The minimum Gasteiger partial charge on any atom is -0.407 e. The third kappa shape index (κ3) is 3.20. The molecule has 1 saturated carbocycles. The lowest BCUT2D eigenvalue weighted by Crippen LogP contribution is -2.24. The van der Waals surface area contributed by atoms with E-state index in [4.69, 9.17) is 10.2 Å². The van der Waals surface area contributed by atoms with Crippen LogP contribution in [0.4, 0.5) is 6.01 Å². The molecule has 2 fully saturated rings. The van der Waals surface area contributed by atoms with Gasteiger partial charge in [-0.25, -0.2) is 0 Å². The Morgan fingerprint density at radius 3 is 2.58 bits per heavy atom. The normalized spacial score (nSPS) is 24.5.